The second-order valence-corrected chi connectivity index (χ2v) is 8.30. The molecule has 3 rings (SSSR count). The van der Waals surface area contributed by atoms with Gasteiger partial charge in [-0.15, -0.1) is 21.5 Å². The van der Waals surface area contributed by atoms with Crippen LogP contribution in [0.2, 0.25) is 5.02 Å². The van der Waals surface area contributed by atoms with Crippen molar-refractivity contribution in [3.8, 4) is 11.5 Å². The fourth-order valence-corrected chi connectivity index (χ4v) is 3.99. The Labute approximate surface area is 157 Å². The minimum Gasteiger partial charge on any atom is -0.455 e. The molecule has 2 heterocycles. The molecule has 0 saturated carbocycles. The highest BCUT2D eigenvalue weighted by atomic mass is 35.5. The van der Waals surface area contributed by atoms with E-state index in [1.807, 2.05) is 0 Å². The maximum Gasteiger partial charge on any atom is 0.321 e. The number of halogens is 1. The number of carbonyl (C=O) groups excluding carboxylic acids is 1. The van der Waals surface area contributed by atoms with Crippen molar-refractivity contribution >= 4 is 38.9 Å². The first-order valence-corrected chi connectivity index (χ1v) is 9.95. The number of rotatable bonds is 7. The second-order valence-electron chi connectivity index (χ2n) is 4.93. The molecule has 0 saturated heterocycles. The summed E-state index contributed by atoms with van der Waals surface area (Å²) >= 11 is 6.86. The van der Waals surface area contributed by atoms with Crippen LogP contribution < -0.4 is 4.72 Å². The van der Waals surface area contributed by atoms with Gasteiger partial charge in [-0.05, 0) is 35.7 Å². The van der Waals surface area contributed by atoms with Gasteiger partial charge in [0.1, 0.15) is 10.8 Å². The third-order valence-corrected chi connectivity index (χ3v) is 6.13. The van der Waals surface area contributed by atoms with Crippen molar-refractivity contribution in [2.45, 2.75) is 10.8 Å². The molecule has 26 heavy (non-hydrogen) atoms. The van der Waals surface area contributed by atoms with E-state index in [2.05, 4.69) is 14.9 Å². The predicted octanol–water partition coefficient (Wildman–Crippen LogP) is 2.47. The Bertz CT molecular complexity index is 985. The Morgan fingerprint density at radius 2 is 2.00 bits per heavy atom. The molecule has 1 aromatic carbocycles. The third-order valence-electron chi connectivity index (χ3n) is 3.08. The molecule has 0 atom stereocenters. The fourth-order valence-electron chi connectivity index (χ4n) is 1.86. The summed E-state index contributed by atoms with van der Waals surface area (Å²) < 4.78 is 36.4. The smallest absolute Gasteiger partial charge is 0.321 e. The molecule has 0 aliphatic rings. The maximum atomic E-state index is 11.9. The first kappa shape index (κ1) is 18.5. The van der Waals surface area contributed by atoms with E-state index in [4.69, 9.17) is 20.8 Å². The van der Waals surface area contributed by atoms with Crippen LogP contribution in [0.4, 0.5) is 0 Å². The van der Waals surface area contributed by atoms with Crippen LogP contribution in [0.3, 0.4) is 0 Å². The van der Waals surface area contributed by atoms with Crippen LogP contribution in [0.25, 0.3) is 11.5 Å². The van der Waals surface area contributed by atoms with Crippen LogP contribution >= 0.6 is 22.9 Å². The number of carbonyl (C=O) groups is 1. The molecular weight excluding hydrogens is 402 g/mol. The number of ether oxygens (including phenoxy) is 1. The molecule has 0 radical (unpaired) electrons. The number of hydrogen-bond acceptors (Lipinski definition) is 8. The number of aromatic nitrogens is 2. The lowest BCUT2D eigenvalue weighted by molar-refractivity contribution is -0.144. The van der Waals surface area contributed by atoms with Crippen LogP contribution in [-0.4, -0.2) is 31.1 Å². The Morgan fingerprint density at radius 3 is 2.69 bits per heavy atom. The topological polar surface area (TPSA) is 111 Å². The zero-order valence-corrected chi connectivity index (χ0v) is 15.5. The SMILES string of the molecule is O=C(CNS(=O)(=O)c1cccs1)OCc1nnc(-c2ccc(Cl)cc2)o1. The van der Waals surface area contributed by atoms with E-state index in [0.29, 0.717) is 10.6 Å². The summed E-state index contributed by atoms with van der Waals surface area (Å²) in [4.78, 5) is 11.7. The highest BCUT2D eigenvalue weighted by molar-refractivity contribution is 7.91. The van der Waals surface area contributed by atoms with E-state index in [1.165, 1.54) is 6.07 Å². The van der Waals surface area contributed by atoms with Crippen molar-refractivity contribution in [1.82, 2.24) is 14.9 Å². The predicted molar refractivity (Wildman–Crippen MR) is 94.0 cm³/mol. The largest absolute Gasteiger partial charge is 0.455 e. The minimum absolute atomic E-state index is 0.0874. The van der Waals surface area contributed by atoms with Gasteiger partial charge in [0.2, 0.25) is 5.89 Å². The third kappa shape index (κ3) is 4.67. The van der Waals surface area contributed by atoms with Gasteiger partial charge in [-0.1, -0.05) is 17.7 Å². The van der Waals surface area contributed by atoms with Gasteiger partial charge < -0.3 is 9.15 Å². The fraction of sp³-hybridized carbons (Fsp3) is 0.133. The molecule has 0 unspecified atom stereocenters. The maximum absolute atomic E-state index is 11.9. The summed E-state index contributed by atoms with van der Waals surface area (Å²) in [7, 11) is -3.72. The number of benzene rings is 1. The first-order valence-electron chi connectivity index (χ1n) is 7.21. The highest BCUT2D eigenvalue weighted by Gasteiger charge is 2.17. The van der Waals surface area contributed by atoms with E-state index >= 15 is 0 Å². The number of sulfonamides is 1. The lowest BCUT2D eigenvalue weighted by Crippen LogP contribution is -2.30. The summed E-state index contributed by atoms with van der Waals surface area (Å²) in [5, 5.41) is 9.83. The Kier molecular flexibility index (Phi) is 5.67. The summed E-state index contributed by atoms with van der Waals surface area (Å²) in [6, 6.07) is 9.83. The van der Waals surface area contributed by atoms with Gasteiger partial charge in [-0.25, -0.2) is 8.42 Å². The number of nitrogens with one attached hydrogen (secondary N) is 1. The lowest BCUT2D eigenvalue weighted by Gasteiger charge is -2.04. The summed E-state index contributed by atoms with van der Waals surface area (Å²) in [5.74, 6) is -0.424. The van der Waals surface area contributed by atoms with Gasteiger partial charge >= 0.3 is 5.97 Å². The van der Waals surface area contributed by atoms with Gasteiger partial charge in [0.15, 0.2) is 6.61 Å². The van der Waals surface area contributed by atoms with Gasteiger partial charge in [0.05, 0.1) is 0 Å². The molecule has 11 heteroatoms. The van der Waals surface area contributed by atoms with Gasteiger partial charge in [-0.2, -0.15) is 4.72 Å². The number of esters is 1. The highest BCUT2D eigenvalue weighted by Crippen LogP contribution is 2.20. The molecule has 0 fully saturated rings. The molecule has 1 N–H and O–H groups in total. The van der Waals surface area contributed by atoms with Crippen LogP contribution in [0, 0.1) is 0 Å². The van der Waals surface area contributed by atoms with Gasteiger partial charge in [-0.3, -0.25) is 4.79 Å². The van der Waals surface area contributed by atoms with Crippen molar-refractivity contribution in [1.29, 1.82) is 0 Å². The van der Waals surface area contributed by atoms with E-state index in [1.54, 1.807) is 35.7 Å². The van der Waals surface area contributed by atoms with Crippen LogP contribution in [0.1, 0.15) is 5.89 Å². The lowest BCUT2D eigenvalue weighted by atomic mass is 10.2. The summed E-state index contributed by atoms with van der Waals surface area (Å²) in [5.41, 5.74) is 0.670. The van der Waals surface area contributed by atoms with Gasteiger partial charge in [0.25, 0.3) is 15.9 Å². The number of nitrogens with zero attached hydrogens (tertiary/aromatic N) is 2. The first-order chi connectivity index (χ1) is 12.4. The van der Waals surface area contributed by atoms with Crippen molar-refractivity contribution in [3.05, 3.63) is 52.7 Å². The van der Waals surface area contributed by atoms with Crippen LogP contribution in [0.15, 0.2) is 50.4 Å². The second kappa shape index (κ2) is 7.96. The number of hydrogen-bond donors (Lipinski definition) is 1. The molecule has 0 bridgehead atoms. The van der Waals surface area contributed by atoms with E-state index < -0.39 is 22.5 Å². The Balaban J connectivity index is 1.51. The molecule has 3 aromatic rings. The Morgan fingerprint density at radius 1 is 1.23 bits per heavy atom. The van der Waals surface area contributed by atoms with Crippen LogP contribution in [-0.2, 0) is 26.2 Å². The van der Waals surface area contributed by atoms with Crippen molar-refractivity contribution in [2.75, 3.05) is 6.54 Å². The van der Waals surface area contributed by atoms with E-state index in [-0.39, 0.29) is 22.6 Å². The quantitative estimate of drug-likeness (QED) is 0.592. The molecule has 0 amide bonds. The monoisotopic (exact) mass is 413 g/mol. The zero-order chi connectivity index (χ0) is 18.6. The summed E-state index contributed by atoms with van der Waals surface area (Å²) in [6.07, 6.45) is 0. The van der Waals surface area contributed by atoms with Crippen molar-refractivity contribution < 1.29 is 22.4 Å². The molecule has 0 aliphatic carbocycles. The van der Waals surface area contributed by atoms with Crippen molar-refractivity contribution in [2.24, 2.45) is 0 Å². The molecule has 0 spiro atoms. The van der Waals surface area contributed by atoms with Crippen molar-refractivity contribution in [3.63, 3.8) is 0 Å². The molecule has 136 valence electrons. The average Bonchev–Trinajstić information content (AvgIpc) is 3.31. The minimum atomic E-state index is -3.72. The normalized spacial score (nSPS) is 11.4. The van der Waals surface area contributed by atoms with E-state index in [9.17, 15) is 13.2 Å². The summed E-state index contributed by atoms with van der Waals surface area (Å²) in [6.45, 7) is -0.765. The molecule has 8 nitrogen and oxygen atoms in total. The Hall–Kier alpha value is -2.27. The van der Waals surface area contributed by atoms with Crippen LogP contribution in [0.5, 0.6) is 0 Å². The molecular formula is C15H12ClN3O5S2. The standard InChI is InChI=1S/C15H12ClN3O5S2/c16-11-5-3-10(4-6-11)15-19-18-12(24-15)9-23-13(20)8-17-26(21,22)14-2-1-7-25-14/h1-7,17H,8-9H2. The molecule has 2 aromatic heterocycles. The molecule has 0 aliphatic heterocycles. The number of thiophene rings is 1. The average molecular weight is 414 g/mol. The van der Waals surface area contributed by atoms with E-state index in [0.717, 1.165) is 11.3 Å². The van der Waals surface area contributed by atoms with Gasteiger partial charge in [0, 0.05) is 10.6 Å². The zero-order valence-electron chi connectivity index (χ0n) is 13.1.